The molecule has 9 heteroatoms. The minimum absolute atomic E-state index is 0.0121. The van der Waals surface area contributed by atoms with E-state index in [0.717, 1.165) is 0 Å². The number of nitrogen functional groups attached to an aromatic ring is 1. The highest BCUT2D eigenvalue weighted by Crippen LogP contribution is 2.16. The molecule has 0 spiro atoms. The summed E-state index contributed by atoms with van der Waals surface area (Å²) in [5.74, 6) is -0.329. The minimum Gasteiger partial charge on any atom is -0.398 e. The van der Waals surface area contributed by atoms with Gasteiger partial charge in [0.2, 0.25) is 0 Å². The van der Waals surface area contributed by atoms with Gasteiger partial charge >= 0.3 is 0 Å². The predicted octanol–water partition coefficient (Wildman–Crippen LogP) is 5.47. The SMILES string of the molecule is CC(=O)c1ccccc1N.CC(=O)c1ccccc1NC(=O)c1ccncc1.O=C(Cl)c1ccncc1. The molecule has 8 nitrogen and oxygen atoms in total. The highest BCUT2D eigenvalue weighted by atomic mass is 35.5. The Kier molecular flexibility index (Phi) is 11.3. The lowest BCUT2D eigenvalue weighted by Crippen LogP contribution is -2.14. The second kappa shape index (κ2) is 14.7. The molecular weight excluding hydrogens is 492 g/mol. The molecule has 0 aliphatic heterocycles. The van der Waals surface area contributed by atoms with Crippen LogP contribution in [0.1, 0.15) is 55.3 Å². The Hall–Kier alpha value is -4.69. The molecule has 0 bridgehead atoms. The highest BCUT2D eigenvalue weighted by Gasteiger charge is 2.10. The summed E-state index contributed by atoms with van der Waals surface area (Å²) in [7, 11) is 0. The van der Waals surface area contributed by atoms with Crippen molar-refractivity contribution in [3.63, 3.8) is 0 Å². The summed E-state index contributed by atoms with van der Waals surface area (Å²) in [6, 6.07) is 20.3. The van der Waals surface area contributed by atoms with Crippen LogP contribution in [0.3, 0.4) is 0 Å². The molecule has 3 N–H and O–H groups in total. The normalized spacial score (nSPS) is 9.49. The average Bonchev–Trinajstić information content (AvgIpc) is 2.91. The third-order valence-corrected chi connectivity index (χ3v) is 4.96. The van der Waals surface area contributed by atoms with E-state index in [-0.39, 0.29) is 17.5 Å². The number of hydrogen-bond acceptors (Lipinski definition) is 7. The van der Waals surface area contributed by atoms with Crippen LogP contribution < -0.4 is 11.1 Å². The fourth-order valence-corrected chi connectivity index (χ4v) is 3.02. The third kappa shape index (κ3) is 9.46. The van der Waals surface area contributed by atoms with Crippen LogP contribution in [-0.4, -0.2) is 32.7 Å². The summed E-state index contributed by atoms with van der Waals surface area (Å²) in [5.41, 5.74) is 8.65. The quantitative estimate of drug-likeness (QED) is 0.204. The van der Waals surface area contributed by atoms with Gasteiger partial charge in [0.1, 0.15) is 0 Å². The van der Waals surface area contributed by atoms with Crippen molar-refractivity contribution >= 4 is 45.7 Å². The Bertz CT molecular complexity index is 1360. The summed E-state index contributed by atoms with van der Waals surface area (Å²) in [6.45, 7) is 2.98. The number of Topliss-reactive ketones (excluding diaryl/α,β-unsaturated/α-hetero) is 2. The molecule has 4 rings (SSSR count). The maximum Gasteiger partial charge on any atom is 0.255 e. The number of nitrogens with one attached hydrogen (secondary N) is 1. The minimum atomic E-state index is -0.447. The van der Waals surface area contributed by atoms with Crippen molar-refractivity contribution in [1.82, 2.24) is 9.97 Å². The van der Waals surface area contributed by atoms with E-state index in [1.807, 2.05) is 6.07 Å². The number of nitrogens with two attached hydrogens (primary N) is 1. The molecular formula is C28H25ClN4O4. The second-order valence-electron chi connectivity index (χ2n) is 7.44. The zero-order valence-electron chi connectivity index (χ0n) is 20.2. The standard InChI is InChI=1S/C14H12N2O2.C8H9NO.C6H4ClNO/c1-10(17)12-4-2-3-5-13(12)16-14(18)11-6-8-15-9-7-11;1-6(10)7-4-2-3-5-8(7)9;7-6(9)5-1-3-8-4-2-5/h2-9H,1H3,(H,16,18);2-5H,9H2,1H3;1-4H. The van der Waals surface area contributed by atoms with E-state index in [4.69, 9.17) is 17.3 Å². The van der Waals surface area contributed by atoms with Gasteiger partial charge in [-0.05, 0) is 74.0 Å². The summed E-state index contributed by atoms with van der Waals surface area (Å²) in [5, 5.41) is 2.27. The first-order valence-corrected chi connectivity index (χ1v) is 11.3. The van der Waals surface area contributed by atoms with Gasteiger partial charge < -0.3 is 11.1 Å². The van der Waals surface area contributed by atoms with Crippen molar-refractivity contribution in [2.45, 2.75) is 13.8 Å². The van der Waals surface area contributed by atoms with Crippen LogP contribution >= 0.6 is 11.6 Å². The Morgan fingerprint density at radius 1 is 0.676 bits per heavy atom. The lowest BCUT2D eigenvalue weighted by molar-refractivity contribution is 0.100. The molecule has 0 saturated heterocycles. The first kappa shape index (κ1) is 28.5. The Morgan fingerprint density at radius 3 is 1.57 bits per heavy atom. The van der Waals surface area contributed by atoms with Crippen LogP contribution in [0.4, 0.5) is 11.4 Å². The van der Waals surface area contributed by atoms with Crippen molar-refractivity contribution < 1.29 is 19.2 Å². The Labute approximate surface area is 219 Å². The lowest BCUT2D eigenvalue weighted by Gasteiger charge is -2.08. The van der Waals surface area contributed by atoms with Gasteiger partial charge in [-0.15, -0.1) is 0 Å². The van der Waals surface area contributed by atoms with Gasteiger partial charge in [0, 0.05) is 52.7 Å². The smallest absolute Gasteiger partial charge is 0.255 e. The molecule has 0 atom stereocenters. The van der Waals surface area contributed by atoms with Crippen LogP contribution in [0.25, 0.3) is 0 Å². The first-order valence-electron chi connectivity index (χ1n) is 11.0. The second-order valence-corrected chi connectivity index (χ2v) is 7.79. The van der Waals surface area contributed by atoms with E-state index in [9.17, 15) is 19.2 Å². The molecule has 4 aromatic rings. The summed E-state index contributed by atoms with van der Waals surface area (Å²) in [6.07, 6.45) is 6.14. The number of carbonyl (C=O) groups excluding carboxylic acids is 4. The zero-order chi connectivity index (χ0) is 27.2. The van der Waals surface area contributed by atoms with Gasteiger partial charge in [-0.2, -0.15) is 0 Å². The Balaban J connectivity index is 0.000000214. The molecule has 0 aliphatic carbocycles. The van der Waals surface area contributed by atoms with Gasteiger partial charge in [0.05, 0.1) is 5.69 Å². The van der Waals surface area contributed by atoms with Crippen LogP contribution in [0, 0.1) is 0 Å². The van der Waals surface area contributed by atoms with Gasteiger partial charge in [0.15, 0.2) is 11.6 Å². The fourth-order valence-electron chi connectivity index (χ4n) is 2.90. The van der Waals surface area contributed by atoms with Crippen molar-refractivity contribution in [2.75, 3.05) is 11.1 Å². The number of amides is 1. The van der Waals surface area contributed by atoms with Crippen molar-refractivity contribution in [2.24, 2.45) is 0 Å². The summed E-state index contributed by atoms with van der Waals surface area (Å²) in [4.78, 5) is 52.1. The molecule has 1 amide bonds. The fraction of sp³-hybridized carbons (Fsp3) is 0.0714. The topological polar surface area (TPSA) is 132 Å². The Morgan fingerprint density at radius 2 is 1.14 bits per heavy atom. The van der Waals surface area contributed by atoms with Gasteiger partial charge in [-0.3, -0.25) is 29.1 Å². The molecule has 0 aliphatic rings. The maximum atomic E-state index is 11.9. The number of hydrogen-bond donors (Lipinski definition) is 2. The third-order valence-electron chi connectivity index (χ3n) is 4.74. The number of carbonyl (C=O) groups is 4. The number of pyridine rings is 2. The van der Waals surface area contributed by atoms with Crippen molar-refractivity contribution in [3.05, 3.63) is 120 Å². The van der Waals surface area contributed by atoms with E-state index < -0.39 is 5.24 Å². The number of halogens is 1. The number of ketones is 2. The van der Waals surface area contributed by atoms with Crippen LogP contribution in [0.2, 0.25) is 0 Å². The largest absolute Gasteiger partial charge is 0.398 e. The van der Waals surface area contributed by atoms with Crippen LogP contribution in [0.15, 0.2) is 97.6 Å². The molecule has 0 saturated carbocycles. The number of rotatable bonds is 5. The van der Waals surface area contributed by atoms with E-state index in [0.29, 0.717) is 33.6 Å². The van der Waals surface area contributed by atoms with E-state index in [1.165, 1.54) is 26.2 Å². The summed E-state index contributed by atoms with van der Waals surface area (Å²) >= 11 is 5.14. The maximum absolute atomic E-state index is 11.9. The molecule has 2 aromatic carbocycles. The zero-order valence-corrected chi connectivity index (χ0v) is 21.0. The predicted molar refractivity (Wildman–Crippen MR) is 144 cm³/mol. The van der Waals surface area contributed by atoms with Crippen LogP contribution in [0.5, 0.6) is 0 Å². The number of nitrogens with zero attached hydrogens (tertiary/aromatic N) is 2. The number of para-hydroxylation sites is 2. The molecule has 2 heterocycles. The molecule has 188 valence electrons. The first-order chi connectivity index (χ1) is 17.7. The lowest BCUT2D eigenvalue weighted by atomic mass is 10.1. The van der Waals surface area contributed by atoms with Crippen molar-refractivity contribution in [3.8, 4) is 0 Å². The molecule has 0 radical (unpaired) electrons. The van der Waals surface area contributed by atoms with E-state index in [1.54, 1.807) is 79.1 Å². The molecule has 37 heavy (non-hydrogen) atoms. The van der Waals surface area contributed by atoms with Crippen molar-refractivity contribution in [1.29, 1.82) is 0 Å². The van der Waals surface area contributed by atoms with E-state index in [2.05, 4.69) is 15.3 Å². The summed E-state index contributed by atoms with van der Waals surface area (Å²) < 4.78 is 0. The van der Waals surface area contributed by atoms with E-state index >= 15 is 0 Å². The number of benzene rings is 2. The molecule has 0 unspecified atom stereocenters. The molecule has 0 fully saturated rings. The van der Waals surface area contributed by atoms with Crippen LogP contribution in [-0.2, 0) is 0 Å². The van der Waals surface area contributed by atoms with Gasteiger partial charge in [-0.1, -0.05) is 24.3 Å². The highest BCUT2D eigenvalue weighted by molar-refractivity contribution is 6.67. The number of aromatic nitrogens is 2. The van der Waals surface area contributed by atoms with Gasteiger partial charge in [0.25, 0.3) is 11.1 Å². The molecule has 2 aromatic heterocycles. The monoisotopic (exact) mass is 516 g/mol. The number of anilines is 2. The average molecular weight is 517 g/mol. The van der Waals surface area contributed by atoms with Gasteiger partial charge in [-0.25, -0.2) is 0 Å².